The van der Waals surface area contributed by atoms with Crippen LogP contribution in [0.1, 0.15) is 18.7 Å². The Balaban J connectivity index is 1.57. The number of halogens is 1. The van der Waals surface area contributed by atoms with Gasteiger partial charge >= 0.3 is 0 Å². The summed E-state index contributed by atoms with van der Waals surface area (Å²) >= 11 is 5.00. The van der Waals surface area contributed by atoms with Crippen molar-refractivity contribution in [3.8, 4) is 10.8 Å². The average Bonchev–Trinajstić information content (AvgIpc) is 2.96. The Labute approximate surface area is 129 Å². The molecule has 108 valence electrons. The van der Waals surface area contributed by atoms with Gasteiger partial charge in [0.2, 0.25) is 5.89 Å². The van der Waals surface area contributed by atoms with Crippen LogP contribution in [0.25, 0.3) is 10.8 Å². The molecule has 0 amide bonds. The van der Waals surface area contributed by atoms with Crippen LogP contribution in [0.3, 0.4) is 0 Å². The molecule has 0 bridgehead atoms. The van der Waals surface area contributed by atoms with Gasteiger partial charge in [0.15, 0.2) is 0 Å². The van der Waals surface area contributed by atoms with Crippen LogP contribution in [-0.4, -0.2) is 39.9 Å². The van der Waals surface area contributed by atoms with Crippen molar-refractivity contribution >= 4 is 27.3 Å². The van der Waals surface area contributed by atoms with Crippen molar-refractivity contribution in [2.75, 3.05) is 13.6 Å². The molecule has 20 heavy (non-hydrogen) atoms. The van der Waals surface area contributed by atoms with E-state index in [1.165, 1.54) is 0 Å². The zero-order valence-corrected chi connectivity index (χ0v) is 13.5. The van der Waals surface area contributed by atoms with Crippen LogP contribution in [0.4, 0.5) is 0 Å². The molecule has 1 aliphatic rings. The summed E-state index contributed by atoms with van der Waals surface area (Å²) in [6.07, 6.45) is 1.71. The number of rotatable bonds is 5. The van der Waals surface area contributed by atoms with E-state index in [9.17, 15) is 5.11 Å². The van der Waals surface area contributed by atoms with E-state index < -0.39 is 0 Å². The highest BCUT2D eigenvalue weighted by Gasteiger charge is 2.28. The predicted molar refractivity (Wildman–Crippen MR) is 80.4 cm³/mol. The quantitative estimate of drug-likeness (QED) is 0.891. The molecule has 1 N–H and O–H groups in total. The number of hydrogen-bond acceptors (Lipinski definition) is 6. The van der Waals surface area contributed by atoms with Gasteiger partial charge in [-0.15, -0.1) is 21.5 Å². The van der Waals surface area contributed by atoms with Crippen LogP contribution in [-0.2, 0) is 6.54 Å². The van der Waals surface area contributed by atoms with Crippen molar-refractivity contribution in [3.63, 3.8) is 0 Å². The zero-order valence-electron chi connectivity index (χ0n) is 11.1. The van der Waals surface area contributed by atoms with Gasteiger partial charge in [0.05, 0.1) is 21.3 Å². The third-order valence-electron chi connectivity index (χ3n) is 3.44. The normalized spacial score (nSPS) is 22.2. The maximum Gasteiger partial charge on any atom is 0.257 e. The first-order valence-corrected chi connectivity index (χ1v) is 8.16. The van der Waals surface area contributed by atoms with Crippen molar-refractivity contribution in [2.24, 2.45) is 5.92 Å². The maximum absolute atomic E-state index is 9.29. The molecule has 2 aromatic rings. The predicted octanol–water partition coefficient (Wildman–Crippen LogP) is 2.76. The number of nitrogens with zero attached hydrogens (tertiary/aromatic N) is 3. The summed E-state index contributed by atoms with van der Waals surface area (Å²) in [5, 5.41) is 17.5. The van der Waals surface area contributed by atoms with Gasteiger partial charge in [-0.25, -0.2) is 0 Å². The van der Waals surface area contributed by atoms with Crippen LogP contribution in [0.5, 0.6) is 0 Å². The molecular weight excluding hydrogens is 342 g/mol. The smallest absolute Gasteiger partial charge is 0.257 e. The highest BCUT2D eigenvalue weighted by molar-refractivity contribution is 9.11. The molecule has 1 saturated carbocycles. The van der Waals surface area contributed by atoms with Gasteiger partial charge in [-0.05, 0) is 53.9 Å². The van der Waals surface area contributed by atoms with E-state index in [4.69, 9.17) is 4.42 Å². The first kappa shape index (κ1) is 14.2. The van der Waals surface area contributed by atoms with Crippen molar-refractivity contribution < 1.29 is 9.52 Å². The molecule has 0 aliphatic heterocycles. The van der Waals surface area contributed by atoms with E-state index in [2.05, 4.69) is 31.0 Å². The summed E-state index contributed by atoms with van der Waals surface area (Å²) in [5.74, 6) is 1.79. The fraction of sp³-hybridized carbons (Fsp3) is 0.538. The summed E-state index contributed by atoms with van der Waals surface area (Å²) in [7, 11) is 2.04. The Morgan fingerprint density at radius 3 is 2.90 bits per heavy atom. The lowest BCUT2D eigenvalue weighted by Crippen LogP contribution is -2.36. The molecule has 0 spiro atoms. The van der Waals surface area contributed by atoms with E-state index >= 15 is 0 Å². The molecular formula is C13H16BrN3O2S. The fourth-order valence-electron chi connectivity index (χ4n) is 2.43. The second-order valence-corrected chi connectivity index (χ2v) is 7.76. The van der Waals surface area contributed by atoms with Gasteiger partial charge in [0, 0.05) is 6.54 Å². The SMILES string of the molecule is CN(Cc1nnc(-c2ccc(Br)s2)o1)CC1CC(O)C1. The highest BCUT2D eigenvalue weighted by Crippen LogP contribution is 2.31. The summed E-state index contributed by atoms with van der Waals surface area (Å²) in [4.78, 5) is 3.14. The first-order chi connectivity index (χ1) is 9.60. The summed E-state index contributed by atoms with van der Waals surface area (Å²) in [6, 6.07) is 3.93. The van der Waals surface area contributed by atoms with Gasteiger partial charge in [0.25, 0.3) is 5.89 Å². The topological polar surface area (TPSA) is 62.4 Å². The Kier molecular flexibility index (Phi) is 4.21. The Bertz CT molecular complexity index is 580. The molecule has 3 rings (SSSR count). The van der Waals surface area contributed by atoms with Crippen LogP contribution < -0.4 is 0 Å². The Morgan fingerprint density at radius 2 is 2.25 bits per heavy atom. The molecule has 0 radical (unpaired) electrons. The molecule has 1 fully saturated rings. The molecule has 0 saturated heterocycles. The molecule has 0 unspecified atom stereocenters. The number of aliphatic hydroxyl groups is 1. The van der Waals surface area contributed by atoms with Gasteiger partial charge in [-0.3, -0.25) is 4.90 Å². The van der Waals surface area contributed by atoms with Gasteiger partial charge in [-0.2, -0.15) is 0 Å². The van der Waals surface area contributed by atoms with Crippen LogP contribution >= 0.6 is 27.3 Å². The molecule has 5 nitrogen and oxygen atoms in total. The lowest BCUT2D eigenvalue weighted by atomic mass is 9.82. The number of aromatic nitrogens is 2. The molecule has 7 heteroatoms. The standard InChI is InChI=1S/C13H16BrN3O2S/c1-17(6-8-4-9(18)5-8)7-12-15-16-13(19-12)10-2-3-11(14)20-10/h2-3,8-9,18H,4-7H2,1H3. The summed E-state index contributed by atoms with van der Waals surface area (Å²) in [5.41, 5.74) is 0. The summed E-state index contributed by atoms with van der Waals surface area (Å²) in [6.45, 7) is 1.60. The van der Waals surface area contributed by atoms with Crippen LogP contribution in [0.15, 0.2) is 20.3 Å². The van der Waals surface area contributed by atoms with Gasteiger partial charge in [0.1, 0.15) is 0 Å². The second kappa shape index (κ2) is 5.93. The Morgan fingerprint density at radius 1 is 1.45 bits per heavy atom. The monoisotopic (exact) mass is 357 g/mol. The molecule has 0 atom stereocenters. The van der Waals surface area contributed by atoms with E-state index in [1.54, 1.807) is 11.3 Å². The molecule has 1 aliphatic carbocycles. The van der Waals surface area contributed by atoms with Gasteiger partial charge in [-0.1, -0.05) is 0 Å². The highest BCUT2D eigenvalue weighted by atomic mass is 79.9. The van der Waals surface area contributed by atoms with Crippen molar-refractivity contribution in [3.05, 3.63) is 21.8 Å². The molecule has 2 heterocycles. The van der Waals surface area contributed by atoms with E-state index in [-0.39, 0.29) is 6.10 Å². The number of thiophene rings is 1. The minimum absolute atomic E-state index is 0.0966. The van der Waals surface area contributed by atoms with E-state index in [0.717, 1.165) is 28.0 Å². The third kappa shape index (κ3) is 3.28. The van der Waals surface area contributed by atoms with Crippen molar-refractivity contribution in [1.29, 1.82) is 0 Å². The fourth-order valence-corrected chi connectivity index (χ4v) is 3.74. The zero-order chi connectivity index (χ0) is 14.1. The molecule has 2 aromatic heterocycles. The van der Waals surface area contributed by atoms with E-state index in [1.807, 2.05) is 19.2 Å². The van der Waals surface area contributed by atoms with Crippen LogP contribution in [0, 0.1) is 5.92 Å². The largest absolute Gasteiger partial charge is 0.419 e. The minimum atomic E-state index is -0.0966. The van der Waals surface area contributed by atoms with Crippen molar-refractivity contribution in [2.45, 2.75) is 25.5 Å². The molecule has 0 aromatic carbocycles. The van der Waals surface area contributed by atoms with Crippen molar-refractivity contribution in [1.82, 2.24) is 15.1 Å². The van der Waals surface area contributed by atoms with Crippen LogP contribution in [0.2, 0.25) is 0 Å². The maximum atomic E-state index is 9.29. The number of aliphatic hydroxyl groups excluding tert-OH is 1. The van der Waals surface area contributed by atoms with Gasteiger partial charge < -0.3 is 9.52 Å². The minimum Gasteiger partial charge on any atom is -0.419 e. The second-order valence-electron chi connectivity index (χ2n) is 5.29. The number of hydrogen-bond donors (Lipinski definition) is 1. The summed E-state index contributed by atoms with van der Waals surface area (Å²) < 4.78 is 6.73. The van der Waals surface area contributed by atoms with E-state index in [0.29, 0.717) is 24.2 Å². The average molecular weight is 358 g/mol. The third-order valence-corrected chi connectivity index (χ3v) is 5.05. The lowest BCUT2D eigenvalue weighted by Gasteiger charge is -2.34. The first-order valence-electron chi connectivity index (χ1n) is 6.55. The Hall–Kier alpha value is -0.760. The lowest BCUT2D eigenvalue weighted by molar-refractivity contribution is 0.0264.